The average Bonchev–Trinajstić information content (AvgIpc) is 2.42. The predicted molar refractivity (Wildman–Crippen MR) is 74.2 cm³/mol. The Labute approximate surface area is 111 Å². The standard InChI is InChI=1S/C14H28N2O2/c1-12(2,3)10-17-11(15-13(4,5)6)16(18-10)14(7,8)9/h10H,1-9H3. The number of aliphatic imine (C=N–C) groups is 1. The van der Waals surface area contributed by atoms with Crippen molar-refractivity contribution in [3.8, 4) is 0 Å². The van der Waals surface area contributed by atoms with Gasteiger partial charge in [-0.2, -0.15) is 5.06 Å². The van der Waals surface area contributed by atoms with Crippen molar-refractivity contribution in [3.05, 3.63) is 0 Å². The summed E-state index contributed by atoms with van der Waals surface area (Å²) in [6.07, 6.45) is -0.294. The van der Waals surface area contributed by atoms with Crippen molar-refractivity contribution in [2.45, 2.75) is 79.7 Å². The van der Waals surface area contributed by atoms with Gasteiger partial charge in [0, 0.05) is 5.41 Å². The number of ether oxygens (including phenoxy) is 1. The van der Waals surface area contributed by atoms with Crippen LogP contribution in [0, 0.1) is 5.41 Å². The van der Waals surface area contributed by atoms with Crippen molar-refractivity contribution < 1.29 is 9.57 Å². The molecule has 0 saturated carbocycles. The lowest BCUT2D eigenvalue weighted by Crippen LogP contribution is -2.43. The van der Waals surface area contributed by atoms with Crippen LogP contribution in [-0.4, -0.2) is 28.5 Å². The summed E-state index contributed by atoms with van der Waals surface area (Å²) in [5, 5.41) is 1.79. The molecule has 4 heteroatoms. The third kappa shape index (κ3) is 3.87. The van der Waals surface area contributed by atoms with Gasteiger partial charge in [0.25, 0.3) is 0 Å². The lowest BCUT2D eigenvalue weighted by molar-refractivity contribution is -0.224. The van der Waals surface area contributed by atoms with Gasteiger partial charge in [-0.15, -0.1) is 0 Å². The van der Waals surface area contributed by atoms with E-state index < -0.39 is 0 Å². The van der Waals surface area contributed by atoms with Crippen LogP contribution in [0.2, 0.25) is 0 Å². The van der Waals surface area contributed by atoms with E-state index in [0.717, 1.165) is 0 Å². The van der Waals surface area contributed by atoms with Crippen molar-refractivity contribution in [3.63, 3.8) is 0 Å². The summed E-state index contributed by atoms with van der Waals surface area (Å²) in [4.78, 5) is 10.5. The van der Waals surface area contributed by atoms with Gasteiger partial charge in [0.05, 0.1) is 11.1 Å². The SMILES string of the molecule is CC(C)(C)N=C1OC(C(C)(C)C)ON1C(C)(C)C. The van der Waals surface area contributed by atoms with E-state index in [1.54, 1.807) is 5.06 Å². The van der Waals surface area contributed by atoms with Crippen molar-refractivity contribution >= 4 is 6.02 Å². The van der Waals surface area contributed by atoms with Gasteiger partial charge in [-0.3, -0.25) is 0 Å². The molecule has 4 nitrogen and oxygen atoms in total. The Morgan fingerprint density at radius 3 is 1.78 bits per heavy atom. The van der Waals surface area contributed by atoms with E-state index in [9.17, 15) is 0 Å². The molecule has 1 rings (SSSR count). The van der Waals surface area contributed by atoms with E-state index in [1.165, 1.54) is 0 Å². The van der Waals surface area contributed by atoms with Gasteiger partial charge in [-0.25, -0.2) is 9.83 Å². The second-order valence-corrected chi connectivity index (χ2v) is 7.95. The molecule has 0 spiro atoms. The Kier molecular flexibility index (Phi) is 3.74. The van der Waals surface area contributed by atoms with Crippen LogP contribution in [0.5, 0.6) is 0 Å². The molecular weight excluding hydrogens is 228 g/mol. The van der Waals surface area contributed by atoms with Crippen LogP contribution in [0.3, 0.4) is 0 Å². The molecule has 1 aliphatic rings. The maximum atomic E-state index is 5.93. The van der Waals surface area contributed by atoms with Gasteiger partial charge >= 0.3 is 6.02 Å². The highest BCUT2D eigenvalue weighted by molar-refractivity contribution is 5.75. The van der Waals surface area contributed by atoms with Gasteiger partial charge < -0.3 is 4.74 Å². The van der Waals surface area contributed by atoms with Gasteiger partial charge in [0.1, 0.15) is 0 Å². The first-order valence-corrected chi connectivity index (χ1v) is 6.54. The summed E-state index contributed by atoms with van der Waals surface area (Å²) >= 11 is 0. The monoisotopic (exact) mass is 256 g/mol. The molecule has 0 aromatic carbocycles. The topological polar surface area (TPSA) is 34.1 Å². The first-order chi connectivity index (χ1) is 7.81. The summed E-state index contributed by atoms with van der Waals surface area (Å²) in [6, 6.07) is 0.579. The van der Waals surface area contributed by atoms with Crippen LogP contribution >= 0.6 is 0 Å². The zero-order valence-corrected chi connectivity index (χ0v) is 13.3. The second kappa shape index (κ2) is 4.41. The molecule has 0 aromatic rings. The van der Waals surface area contributed by atoms with Crippen LogP contribution in [0.15, 0.2) is 4.99 Å². The Hall–Kier alpha value is -0.770. The zero-order chi connectivity index (χ0) is 14.4. The van der Waals surface area contributed by atoms with Crippen LogP contribution in [0.25, 0.3) is 0 Å². The van der Waals surface area contributed by atoms with E-state index in [-0.39, 0.29) is 22.8 Å². The minimum absolute atomic E-state index is 0.0847. The van der Waals surface area contributed by atoms with E-state index in [4.69, 9.17) is 9.57 Å². The quantitative estimate of drug-likeness (QED) is 0.664. The molecule has 1 unspecified atom stereocenters. The van der Waals surface area contributed by atoms with E-state index in [2.05, 4.69) is 67.3 Å². The number of amidine groups is 1. The number of nitrogens with zero attached hydrogens (tertiary/aromatic N) is 2. The molecule has 1 heterocycles. The van der Waals surface area contributed by atoms with E-state index in [1.807, 2.05) is 0 Å². The molecule has 1 atom stereocenters. The van der Waals surface area contributed by atoms with Crippen molar-refractivity contribution in [1.82, 2.24) is 5.06 Å². The molecule has 1 fully saturated rings. The fraction of sp³-hybridized carbons (Fsp3) is 0.929. The highest BCUT2D eigenvalue weighted by atomic mass is 16.9. The molecular formula is C14H28N2O2. The van der Waals surface area contributed by atoms with E-state index in [0.29, 0.717) is 6.02 Å². The zero-order valence-electron chi connectivity index (χ0n) is 13.3. The molecule has 0 N–H and O–H groups in total. The van der Waals surface area contributed by atoms with Gasteiger partial charge in [-0.1, -0.05) is 20.8 Å². The molecule has 1 aliphatic heterocycles. The number of hydrogen-bond donors (Lipinski definition) is 0. The van der Waals surface area contributed by atoms with Crippen LogP contribution < -0.4 is 0 Å². The summed E-state index contributed by atoms with van der Waals surface area (Å²) in [7, 11) is 0. The Morgan fingerprint density at radius 1 is 0.944 bits per heavy atom. The first kappa shape index (κ1) is 15.3. The third-order valence-corrected chi connectivity index (χ3v) is 2.33. The summed E-state index contributed by atoms with van der Waals surface area (Å²) < 4.78 is 5.89. The Balaban J connectivity index is 3.04. The average molecular weight is 256 g/mol. The van der Waals surface area contributed by atoms with Crippen LogP contribution in [0.1, 0.15) is 62.3 Å². The van der Waals surface area contributed by atoms with Crippen LogP contribution in [-0.2, 0) is 9.57 Å². The summed E-state index contributed by atoms with van der Waals surface area (Å²) in [6.45, 7) is 18.7. The number of hydroxylamine groups is 2. The summed E-state index contributed by atoms with van der Waals surface area (Å²) in [5.41, 5.74) is -0.447. The van der Waals surface area contributed by atoms with Gasteiger partial charge in [0.2, 0.25) is 6.29 Å². The number of rotatable bonds is 0. The Morgan fingerprint density at radius 2 is 1.44 bits per heavy atom. The minimum Gasteiger partial charge on any atom is -0.431 e. The first-order valence-electron chi connectivity index (χ1n) is 6.54. The molecule has 106 valence electrons. The number of hydrogen-bond acceptors (Lipinski definition) is 3. The van der Waals surface area contributed by atoms with Crippen molar-refractivity contribution in [1.29, 1.82) is 0 Å². The minimum atomic E-state index is -0.294. The largest absolute Gasteiger partial charge is 0.431 e. The second-order valence-electron chi connectivity index (χ2n) is 7.95. The highest BCUT2D eigenvalue weighted by Crippen LogP contribution is 2.33. The smallest absolute Gasteiger partial charge is 0.315 e. The lowest BCUT2D eigenvalue weighted by Gasteiger charge is -2.31. The molecule has 0 radical (unpaired) electrons. The van der Waals surface area contributed by atoms with Crippen molar-refractivity contribution in [2.24, 2.45) is 10.4 Å². The maximum Gasteiger partial charge on any atom is 0.315 e. The molecule has 0 amide bonds. The lowest BCUT2D eigenvalue weighted by atomic mass is 9.96. The normalized spacial score (nSPS) is 24.6. The van der Waals surface area contributed by atoms with Gasteiger partial charge in [0.15, 0.2) is 0 Å². The van der Waals surface area contributed by atoms with Crippen LogP contribution in [0.4, 0.5) is 0 Å². The maximum absolute atomic E-state index is 5.93. The molecule has 1 saturated heterocycles. The molecule has 0 aromatic heterocycles. The predicted octanol–water partition coefficient (Wildman–Crippen LogP) is 3.58. The summed E-state index contributed by atoms with van der Waals surface area (Å²) in [5.74, 6) is 0. The highest BCUT2D eigenvalue weighted by Gasteiger charge is 2.44. The fourth-order valence-corrected chi connectivity index (χ4v) is 1.44. The fourth-order valence-electron chi connectivity index (χ4n) is 1.44. The molecule has 0 aliphatic carbocycles. The van der Waals surface area contributed by atoms with Crippen molar-refractivity contribution in [2.75, 3.05) is 0 Å². The Bertz CT molecular complexity index is 329. The van der Waals surface area contributed by atoms with Gasteiger partial charge in [-0.05, 0) is 41.5 Å². The van der Waals surface area contributed by atoms with E-state index >= 15 is 0 Å². The molecule has 0 bridgehead atoms. The molecule has 18 heavy (non-hydrogen) atoms. The third-order valence-electron chi connectivity index (χ3n) is 2.33.